The van der Waals surface area contributed by atoms with Crippen LogP contribution in [0.3, 0.4) is 0 Å². The number of likely N-dealkylation sites (N-methyl/N-ethyl adjacent to an activating group) is 1. The Morgan fingerprint density at radius 3 is 2.71 bits per heavy atom. The molecule has 1 saturated heterocycles. The molecule has 0 bridgehead atoms. The van der Waals surface area contributed by atoms with Crippen molar-refractivity contribution < 1.29 is 9.18 Å². The van der Waals surface area contributed by atoms with Gasteiger partial charge in [-0.2, -0.15) is 0 Å². The summed E-state index contributed by atoms with van der Waals surface area (Å²) in [5.74, 6) is -0.257. The van der Waals surface area contributed by atoms with Crippen molar-refractivity contribution in [3.05, 3.63) is 59.7 Å². The van der Waals surface area contributed by atoms with Crippen molar-refractivity contribution in [1.29, 1.82) is 0 Å². The third kappa shape index (κ3) is 3.89. The third-order valence-corrected chi connectivity index (χ3v) is 4.22. The quantitative estimate of drug-likeness (QED) is 0.935. The summed E-state index contributed by atoms with van der Waals surface area (Å²) in [7, 11) is 2.05. The summed E-state index contributed by atoms with van der Waals surface area (Å²) in [6.45, 7) is 3.56. The monoisotopic (exact) mass is 328 g/mol. The maximum Gasteiger partial charge on any atom is 0.255 e. The normalized spacial score (nSPS) is 15.3. The minimum atomic E-state index is -0.248. The number of piperazine rings is 1. The fraction of sp³-hybridized carbons (Fsp3) is 0.333. The standard InChI is InChI=1S/C18H21FN4O/c1-22-6-8-23(9-7-22)18(24)15-10-16(13-20-11-15)21-12-14-4-2-3-5-17(14)19/h2-5,10-11,13,21H,6-9,12H2,1H3. The van der Waals surface area contributed by atoms with Crippen molar-refractivity contribution in [3.8, 4) is 0 Å². The molecule has 0 spiro atoms. The second-order valence-electron chi connectivity index (χ2n) is 6.00. The lowest BCUT2D eigenvalue weighted by atomic mass is 10.2. The van der Waals surface area contributed by atoms with E-state index in [4.69, 9.17) is 0 Å². The average Bonchev–Trinajstić information content (AvgIpc) is 2.61. The van der Waals surface area contributed by atoms with Crippen LogP contribution in [0.25, 0.3) is 0 Å². The topological polar surface area (TPSA) is 48.5 Å². The van der Waals surface area contributed by atoms with Gasteiger partial charge in [0.1, 0.15) is 5.82 Å². The van der Waals surface area contributed by atoms with E-state index in [0.717, 1.165) is 26.2 Å². The van der Waals surface area contributed by atoms with Crippen LogP contribution in [0.5, 0.6) is 0 Å². The molecule has 0 saturated carbocycles. The predicted octanol–water partition coefficient (Wildman–Crippen LogP) is 2.22. The van der Waals surface area contributed by atoms with Gasteiger partial charge in [-0.25, -0.2) is 4.39 Å². The number of carbonyl (C=O) groups excluding carboxylic acids is 1. The van der Waals surface area contributed by atoms with Gasteiger partial charge >= 0.3 is 0 Å². The molecule has 1 aliphatic heterocycles. The molecule has 0 aliphatic carbocycles. The minimum absolute atomic E-state index is 0.00913. The van der Waals surface area contributed by atoms with Crippen molar-refractivity contribution in [2.75, 3.05) is 38.5 Å². The van der Waals surface area contributed by atoms with Gasteiger partial charge in [-0.05, 0) is 19.2 Å². The maximum absolute atomic E-state index is 13.7. The molecule has 5 nitrogen and oxygen atoms in total. The van der Waals surface area contributed by atoms with E-state index in [1.807, 2.05) is 4.90 Å². The molecule has 0 radical (unpaired) electrons. The van der Waals surface area contributed by atoms with Crippen LogP contribution in [0.1, 0.15) is 15.9 Å². The molecule has 1 aromatic heterocycles. The highest BCUT2D eigenvalue weighted by Crippen LogP contribution is 2.14. The molecule has 1 aliphatic rings. The van der Waals surface area contributed by atoms with Crippen LogP contribution in [-0.2, 0) is 6.54 Å². The smallest absolute Gasteiger partial charge is 0.255 e. The summed E-state index contributed by atoms with van der Waals surface area (Å²) >= 11 is 0. The first-order valence-corrected chi connectivity index (χ1v) is 8.03. The number of nitrogens with one attached hydrogen (secondary N) is 1. The van der Waals surface area contributed by atoms with Crippen LogP contribution in [0.15, 0.2) is 42.7 Å². The lowest BCUT2D eigenvalue weighted by Crippen LogP contribution is -2.47. The van der Waals surface area contributed by atoms with Crippen molar-refractivity contribution in [1.82, 2.24) is 14.8 Å². The van der Waals surface area contributed by atoms with Crippen molar-refractivity contribution in [3.63, 3.8) is 0 Å². The number of pyridine rings is 1. The number of rotatable bonds is 4. The minimum Gasteiger partial charge on any atom is -0.380 e. The largest absolute Gasteiger partial charge is 0.380 e. The first kappa shape index (κ1) is 16.4. The molecule has 0 unspecified atom stereocenters. The highest BCUT2D eigenvalue weighted by molar-refractivity contribution is 5.94. The van der Waals surface area contributed by atoms with Gasteiger partial charge in [-0.3, -0.25) is 9.78 Å². The van der Waals surface area contributed by atoms with Crippen LogP contribution in [0.4, 0.5) is 10.1 Å². The van der Waals surface area contributed by atoms with Crippen LogP contribution < -0.4 is 5.32 Å². The number of nitrogens with zero attached hydrogens (tertiary/aromatic N) is 3. The molecule has 1 fully saturated rings. The Bertz CT molecular complexity index is 714. The fourth-order valence-corrected chi connectivity index (χ4v) is 2.68. The summed E-state index contributed by atoms with van der Waals surface area (Å²) in [5, 5.41) is 3.13. The van der Waals surface area contributed by atoms with Gasteiger partial charge in [0.25, 0.3) is 5.91 Å². The zero-order valence-electron chi connectivity index (χ0n) is 13.7. The molecule has 6 heteroatoms. The number of benzene rings is 1. The van der Waals surface area contributed by atoms with Gasteiger partial charge < -0.3 is 15.1 Å². The lowest BCUT2D eigenvalue weighted by molar-refractivity contribution is 0.0663. The lowest BCUT2D eigenvalue weighted by Gasteiger charge is -2.32. The van der Waals surface area contributed by atoms with Gasteiger partial charge in [0, 0.05) is 50.7 Å². The zero-order valence-corrected chi connectivity index (χ0v) is 13.7. The molecule has 24 heavy (non-hydrogen) atoms. The SMILES string of the molecule is CN1CCN(C(=O)c2cncc(NCc3ccccc3F)c2)CC1. The third-order valence-electron chi connectivity index (χ3n) is 4.22. The number of halogens is 1. The zero-order chi connectivity index (χ0) is 16.9. The van der Waals surface area contributed by atoms with Crippen LogP contribution >= 0.6 is 0 Å². The first-order valence-electron chi connectivity index (χ1n) is 8.03. The first-order chi connectivity index (χ1) is 11.6. The van der Waals surface area contributed by atoms with Gasteiger partial charge in [-0.15, -0.1) is 0 Å². The Labute approximate surface area is 141 Å². The number of carbonyl (C=O) groups is 1. The number of hydrogen-bond donors (Lipinski definition) is 1. The molecule has 3 rings (SSSR count). The van der Waals surface area contributed by atoms with E-state index in [9.17, 15) is 9.18 Å². The van der Waals surface area contributed by atoms with Crippen molar-refractivity contribution in [2.24, 2.45) is 0 Å². The van der Waals surface area contributed by atoms with E-state index in [2.05, 4.69) is 22.2 Å². The highest BCUT2D eigenvalue weighted by Gasteiger charge is 2.20. The molecule has 1 aromatic carbocycles. The van der Waals surface area contributed by atoms with E-state index in [1.165, 1.54) is 6.07 Å². The molecule has 126 valence electrons. The molecule has 2 heterocycles. The molecule has 2 aromatic rings. The summed E-state index contributed by atoms with van der Waals surface area (Å²) in [5.41, 5.74) is 1.84. The molecule has 1 N–H and O–H groups in total. The average molecular weight is 328 g/mol. The summed E-state index contributed by atoms with van der Waals surface area (Å²) in [6, 6.07) is 8.40. The number of anilines is 1. The molecular weight excluding hydrogens is 307 g/mol. The second-order valence-corrected chi connectivity index (χ2v) is 6.00. The van der Waals surface area contributed by atoms with E-state index >= 15 is 0 Å². The molecule has 0 atom stereocenters. The summed E-state index contributed by atoms with van der Waals surface area (Å²) in [4.78, 5) is 20.8. The highest BCUT2D eigenvalue weighted by atomic mass is 19.1. The van der Waals surface area contributed by atoms with Crippen LogP contribution in [0.2, 0.25) is 0 Å². The Hall–Kier alpha value is -2.47. The summed E-state index contributed by atoms with van der Waals surface area (Å²) in [6.07, 6.45) is 3.22. The molecular formula is C18H21FN4O. The van der Waals surface area contributed by atoms with E-state index in [0.29, 0.717) is 23.4 Å². The van der Waals surface area contributed by atoms with E-state index in [-0.39, 0.29) is 11.7 Å². The second kappa shape index (κ2) is 7.40. The Morgan fingerprint density at radius 1 is 1.21 bits per heavy atom. The fourth-order valence-electron chi connectivity index (χ4n) is 2.68. The van der Waals surface area contributed by atoms with Crippen LogP contribution in [0, 0.1) is 5.82 Å². The van der Waals surface area contributed by atoms with Gasteiger partial charge in [0.2, 0.25) is 0 Å². The van der Waals surface area contributed by atoms with E-state index in [1.54, 1.807) is 36.7 Å². The van der Waals surface area contributed by atoms with Gasteiger partial charge in [0.15, 0.2) is 0 Å². The Kier molecular flexibility index (Phi) is 5.05. The van der Waals surface area contributed by atoms with Crippen molar-refractivity contribution in [2.45, 2.75) is 6.54 Å². The predicted molar refractivity (Wildman–Crippen MR) is 91.4 cm³/mol. The van der Waals surface area contributed by atoms with Crippen LogP contribution in [-0.4, -0.2) is 53.9 Å². The number of aromatic nitrogens is 1. The van der Waals surface area contributed by atoms with Gasteiger partial charge in [-0.1, -0.05) is 18.2 Å². The number of hydrogen-bond acceptors (Lipinski definition) is 4. The Balaban J connectivity index is 1.65. The van der Waals surface area contributed by atoms with Gasteiger partial charge in [0.05, 0.1) is 11.3 Å². The maximum atomic E-state index is 13.7. The van der Waals surface area contributed by atoms with E-state index < -0.39 is 0 Å². The Morgan fingerprint density at radius 2 is 1.96 bits per heavy atom. The van der Waals surface area contributed by atoms with Crippen molar-refractivity contribution >= 4 is 11.6 Å². The summed E-state index contributed by atoms with van der Waals surface area (Å²) < 4.78 is 13.7. The molecule has 1 amide bonds. The number of amides is 1.